The lowest BCUT2D eigenvalue weighted by Crippen LogP contribution is -2.00. The molecule has 5 aromatic rings. The molecule has 1 aromatic heterocycles. The molecule has 2 nitrogen and oxygen atoms in total. The molecule has 2 heteroatoms. The van der Waals surface area contributed by atoms with Gasteiger partial charge >= 0.3 is 0 Å². The summed E-state index contributed by atoms with van der Waals surface area (Å²) in [6, 6.07) is 31.8. The first kappa shape index (κ1) is 32.6. The molecule has 0 saturated heterocycles. The number of carbonyl (C=O) groups is 1. The molecule has 4 aliphatic rings. The molecule has 48 heavy (non-hydrogen) atoms. The Kier molecular flexibility index (Phi) is 10.3. The smallest absolute Gasteiger partial charge is 0.193 e. The Balaban J connectivity index is 0.000000400. The highest BCUT2D eigenvalue weighted by atomic mass is 16.1. The summed E-state index contributed by atoms with van der Waals surface area (Å²) in [5, 5.41) is 3.71. The summed E-state index contributed by atoms with van der Waals surface area (Å²) in [6.07, 6.45) is 20.9. The van der Waals surface area contributed by atoms with Gasteiger partial charge < -0.3 is 4.57 Å². The number of nitrogens with zero attached hydrogens (tertiary/aromatic N) is 1. The van der Waals surface area contributed by atoms with Gasteiger partial charge in [0.25, 0.3) is 0 Å². The summed E-state index contributed by atoms with van der Waals surface area (Å²) in [6.45, 7) is 7.09. The molecule has 0 aliphatic heterocycles. The second kappa shape index (κ2) is 15.1. The summed E-state index contributed by atoms with van der Waals surface area (Å²) in [5.74, 6) is 3.22. The first-order valence-electron chi connectivity index (χ1n) is 18.9. The Morgan fingerprint density at radius 2 is 1.21 bits per heavy atom. The van der Waals surface area contributed by atoms with Gasteiger partial charge in [0.15, 0.2) is 5.78 Å². The van der Waals surface area contributed by atoms with Gasteiger partial charge in [0.1, 0.15) is 0 Å². The van der Waals surface area contributed by atoms with Crippen molar-refractivity contribution in [3.05, 3.63) is 132 Å². The van der Waals surface area contributed by atoms with E-state index in [0.29, 0.717) is 5.92 Å². The highest BCUT2D eigenvalue weighted by Gasteiger charge is 2.40. The van der Waals surface area contributed by atoms with Crippen molar-refractivity contribution in [3.63, 3.8) is 0 Å². The van der Waals surface area contributed by atoms with E-state index >= 15 is 0 Å². The fourth-order valence-electron chi connectivity index (χ4n) is 7.34. The summed E-state index contributed by atoms with van der Waals surface area (Å²) >= 11 is 0. The van der Waals surface area contributed by atoms with Crippen LogP contribution >= 0.6 is 0 Å². The van der Waals surface area contributed by atoms with Gasteiger partial charge in [0, 0.05) is 29.4 Å². The molecule has 0 N–H and O–H groups in total. The zero-order valence-electron chi connectivity index (χ0n) is 29.0. The molecule has 4 aliphatic carbocycles. The van der Waals surface area contributed by atoms with Crippen LogP contribution in [0.15, 0.2) is 109 Å². The molecule has 0 bridgehead atoms. The van der Waals surface area contributed by atoms with Gasteiger partial charge in [-0.1, -0.05) is 143 Å². The van der Waals surface area contributed by atoms with Crippen LogP contribution in [0.25, 0.3) is 21.7 Å². The van der Waals surface area contributed by atoms with Crippen molar-refractivity contribution in [1.82, 2.24) is 4.57 Å². The molecule has 4 unspecified atom stereocenters. The van der Waals surface area contributed by atoms with E-state index in [9.17, 15) is 4.79 Å². The van der Waals surface area contributed by atoms with Crippen LogP contribution in [0.2, 0.25) is 0 Å². The number of hydrogen-bond donors (Lipinski definition) is 0. The van der Waals surface area contributed by atoms with Gasteiger partial charge in [-0.05, 0) is 102 Å². The van der Waals surface area contributed by atoms with Gasteiger partial charge in [-0.25, -0.2) is 0 Å². The molecule has 0 spiro atoms. The fourth-order valence-corrected chi connectivity index (χ4v) is 7.34. The molecule has 4 saturated carbocycles. The second-order valence-corrected chi connectivity index (χ2v) is 15.2. The molecule has 248 valence electrons. The highest BCUT2D eigenvalue weighted by molar-refractivity contribution is 6.10. The van der Waals surface area contributed by atoms with Crippen molar-refractivity contribution in [1.29, 1.82) is 0 Å². The third-order valence-electron chi connectivity index (χ3n) is 11.3. The Labute approximate surface area is 288 Å². The summed E-state index contributed by atoms with van der Waals surface area (Å²) in [4.78, 5) is 12.9. The largest absolute Gasteiger partial charge is 0.343 e. The third-order valence-corrected chi connectivity index (χ3v) is 11.3. The second-order valence-electron chi connectivity index (χ2n) is 15.2. The van der Waals surface area contributed by atoms with Crippen molar-refractivity contribution in [2.75, 3.05) is 0 Å². The summed E-state index contributed by atoms with van der Waals surface area (Å²) < 4.78 is 2.34. The minimum atomic E-state index is 0.0877. The van der Waals surface area contributed by atoms with Gasteiger partial charge in [0.2, 0.25) is 0 Å². The maximum atomic E-state index is 12.9. The number of aromatic nitrogens is 1. The highest BCUT2D eigenvalue weighted by Crippen LogP contribution is 2.54. The van der Waals surface area contributed by atoms with E-state index in [1.54, 1.807) is 0 Å². The van der Waals surface area contributed by atoms with Crippen LogP contribution in [0, 0.1) is 11.8 Å². The van der Waals surface area contributed by atoms with E-state index in [1.165, 1.54) is 116 Å². The number of allylic oxidation sites excluding steroid dienone is 1. The number of ketones is 1. The average Bonchev–Trinajstić information content (AvgIpc) is 3.96. The average molecular weight is 636 g/mol. The predicted molar refractivity (Wildman–Crippen MR) is 203 cm³/mol. The van der Waals surface area contributed by atoms with Gasteiger partial charge in [0.05, 0.1) is 0 Å². The maximum Gasteiger partial charge on any atom is 0.193 e. The predicted octanol–water partition coefficient (Wildman–Crippen LogP) is 12.8. The van der Waals surface area contributed by atoms with E-state index in [0.717, 1.165) is 40.8 Å². The lowest BCUT2D eigenvalue weighted by Gasteiger charge is -2.07. The van der Waals surface area contributed by atoms with Gasteiger partial charge in [-0.15, -0.1) is 0 Å². The first-order valence-corrected chi connectivity index (χ1v) is 18.9. The molecule has 4 atom stereocenters. The monoisotopic (exact) mass is 635 g/mol. The molecule has 4 fully saturated rings. The zero-order valence-corrected chi connectivity index (χ0v) is 29.0. The van der Waals surface area contributed by atoms with Crippen LogP contribution in [0.1, 0.15) is 129 Å². The zero-order chi connectivity index (χ0) is 32.9. The van der Waals surface area contributed by atoms with Crippen molar-refractivity contribution in [2.24, 2.45) is 11.8 Å². The number of carbonyl (C=O) groups excluding carboxylic acids is 1. The van der Waals surface area contributed by atoms with E-state index in [2.05, 4.69) is 72.8 Å². The van der Waals surface area contributed by atoms with Gasteiger partial charge in [-0.3, -0.25) is 4.79 Å². The first-order chi connectivity index (χ1) is 23.5. The topological polar surface area (TPSA) is 22.0 Å². The van der Waals surface area contributed by atoms with E-state index < -0.39 is 0 Å². The number of fused-ring (bicyclic) bond motifs is 2. The Morgan fingerprint density at radius 3 is 1.81 bits per heavy atom. The van der Waals surface area contributed by atoms with Crippen LogP contribution in [0.3, 0.4) is 0 Å². The van der Waals surface area contributed by atoms with E-state index in [4.69, 9.17) is 0 Å². The Bertz CT molecular complexity index is 1840. The fraction of sp³-hybridized carbons (Fsp3) is 0.413. The molecule has 9 rings (SSSR count). The van der Waals surface area contributed by atoms with Gasteiger partial charge in [-0.2, -0.15) is 0 Å². The summed E-state index contributed by atoms with van der Waals surface area (Å²) in [5.41, 5.74) is 7.03. The number of hydrogen-bond acceptors (Lipinski definition) is 1. The van der Waals surface area contributed by atoms with Crippen LogP contribution in [-0.2, 0) is 6.54 Å². The molecule has 4 aromatic carbocycles. The van der Waals surface area contributed by atoms with Crippen molar-refractivity contribution < 1.29 is 4.79 Å². The van der Waals surface area contributed by atoms with E-state index in [1.807, 2.05) is 42.5 Å². The Hall–Kier alpha value is -3.91. The molecule has 1 heterocycles. The standard InChI is InChI=1S/C38H37NO.2C4H8/c1-25(2)24-39-18-17-26-11-14-33(23-37(26)39)36-22-31(36)10-6-9-30-21-35(30)32-15-12-29-20-34(16-13-28(29)19-32)38(40)27-7-4-3-5-8-27;2*1-2-4-3-1/h3-5,7-8,11-20,23,30-31,35-36H,1,6,9-10,21-22,24H2,2H3;2*1-4H2. The lowest BCUT2D eigenvalue weighted by atomic mass is 9.97. The van der Waals surface area contributed by atoms with Crippen molar-refractivity contribution in [3.8, 4) is 0 Å². The van der Waals surface area contributed by atoms with Crippen LogP contribution in [0.5, 0.6) is 0 Å². The summed E-state index contributed by atoms with van der Waals surface area (Å²) in [7, 11) is 0. The molecule has 0 amide bonds. The van der Waals surface area contributed by atoms with Crippen LogP contribution < -0.4 is 0 Å². The van der Waals surface area contributed by atoms with Crippen LogP contribution in [0.4, 0.5) is 0 Å². The molecular formula is C46H53NO. The minimum Gasteiger partial charge on any atom is -0.343 e. The number of benzene rings is 4. The van der Waals surface area contributed by atoms with Crippen LogP contribution in [-0.4, -0.2) is 10.4 Å². The van der Waals surface area contributed by atoms with Crippen molar-refractivity contribution >= 4 is 27.5 Å². The maximum absolute atomic E-state index is 12.9. The normalized spacial score (nSPS) is 21.9. The Morgan fingerprint density at radius 1 is 0.646 bits per heavy atom. The SMILES string of the molecule is C1CCC1.C1CCC1.C=C(C)Cn1ccc2ccc(C3CC3CCCC3CC3c3ccc4cc(C(=O)c5ccccc5)ccc4c3)cc21. The minimum absolute atomic E-state index is 0.0877. The molecular weight excluding hydrogens is 583 g/mol. The lowest BCUT2D eigenvalue weighted by molar-refractivity contribution is 0.103. The van der Waals surface area contributed by atoms with Crippen molar-refractivity contribution in [2.45, 2.75) is 109 Å². The molecule has 0 radical (unpaired) electrons. The quantitative estimate of drug-likeness (QED) is 0.111. The van der Waals surface area contributed by atoms with E-state index in [-0.39, 0.29) is 5.78 Å². The number of rotatable bonds is 10. The third kappa shape index (κ3) is 8.03.